The summed E-state index contributed by atoms with van der Waals surface area (Å²) in [6.45, 7) is 6.77. The predicted octanol–water partition coefficient (Wildman–Crippen LogP) is 4.22. The number of benzene rings is 2. The molecule has 0 aromatic heterocycles. The minimum absolute atomic E-state index is 0. The molecule has 0 spiro atoms. The molecule has 0 amide bonds. The molecule has 0 aliphatic rings. The Morgan fingerprint density at radius 2 is 1.28 bits per heavy atom. The number of halogens is 1. The fourth-order valence-electron chi connectivity index (χ4n) is 2.63. The third-order valence-corrected chi connectivity index (χ3v) is 5.13. The molecular formula is C22H33ClO4S2. The Balaban J connectivity index is 0.00000392. The van der Waals surface area contributed by atoms with Crippen LogP contribution in [0.4, 0.5) is 0 Å². The minimum Gasteiger partial charge on any atom is -0.493 e. The van der Waals surface area contributed by atoms with E-state index in [1.807, 2.05) is 36.4 Å². The lowest BCUT2D eigenvalue weighted by molar-refractivity contribution is 0.0536. The zero-order valence-electron chi connectivity index (χ0n) is 17.2. The Labute approximate surface area is 193 Å². The van der Waals surface area contributed by atoms with Crippen molar-refractivity contribution in [2.75, 3.05) is 25.7 Å². The summed E-state index contributed by atoms with van der Waals surface area (Å²) < 4.78 is 11.2. The molecule has 2 N–H and O–H groups in total. The summed E-state index contributed by atoms with van der Waals surface area (Å²) in [5.74, 6) is 2.42. The average molecular weight is 461 g/mol. The molecule has 2 aromatic carbocycles. The van der Waals surface area contributed by atoms with E-state index in [-0.39, 0.29) is 45.6 Å². The van der Waals surface area contributed by atoms with E-state index in [1.165, 1.54) is 5.56 Å². The van der Waals surface area contributed by atoms with Crippen molar-refractivity contribution in [3.8, 4) is 11.5 Å². The van der Waals surface area contributed by atoms with Gasteiger partial charge in [-0.05, 0) is 35.4 Å². The highest BCUT2D eigenvalue weighted by Gasteiger charge is 2.23. The highest BCUT2D eigenvalue weighted by molar-refractivity contribution is 7.59. The molecular weight excluding hydrogens is 428 g/mol. The number of hydrogen-bond donors (Lipinski definition) is 2. The molecule has 164 valence electrons. The zero-order valence-corrected chi connectivity index (χ0v) is 19.9. The van der Waals surface area contributed by atoms with E-state index >= 15 is 0 Å². The van der Waals surface area contributed by atoms with E-state index in [0.717, 1.165) is 11.3 Å². The van der Waals surface area contributed by atoms with Crippen LogP contribution in [-0.4, -0.2) is 42.0 Å². The van der Waals surface area contributed by atoms with E-state index in [0.29, 0.717) is 24.2 Å². The Kier molecular flexibility index (Phi) is 12.8. The first-order valence-electron chi connectivity index (χ1n) is 9.18. The molecule has 29 heavy (non-hydrogen) atoms. The summed E-state index contributed by atoms with van der Waals surface area (Å²) in [5.41, 5.74) is 2.16. The van der Waals surface area contributed by atoms with Gasteiger partial charge in [-0.1, -0.05) is 45.0 Å². The first kappa shape index (κ1) is 27.9. The van der Waals surface area contributed by atoms with Crippen LogP contribution < -0.4 is 9.47 Å². The standard InChI is InChI=1S/C22H29ClO4.2H2S/c1-16(12-23)14-26-20-8-4-17(5-9-20)22(2,3)18-6-10-21(11-7-18)27-15-19(25)13-24;;/h4-11,16,19,24-25H,12-15H2,1-3H3;2*1H2/t16-,19+;;/m1../s1. The highest BCUT2D eigenvalue weighted by atomic mass is 35.5. The predicted molar refractivity (Wildman–Crippen MR) is 130 cm³/mol. The maximum Gasteiger partial charge on any atom is 0.119 e. The maximum atomic E-state index is 9.36. The third-order valence-electron chi connectivity index (χ3n) is 4.60. The minimum atomic E-state index is -0.866. The van der Waals surface area contributed by atoms with E-state index in [1.54, 1.807) is 0 Å². The van der Waals surface area contributed by atoms with Gasteiger partial charge in [0, 0.05) is 17.2 Å². The van der Waals surface area contributed by atoms with Gasteiger partial charge in [0.25, 0.3) is 0 Å². The number of ether oxygens (including phenoxy) is 2. The molecule has 2 rings (SSSR count). The molecule has 0 aliphatic carbocycles. The van der Waals surface area contributed by atoms with Gasteiger partial charge in [-0.3, -0.25) is 0 Å². The third kappa shape index (κ3) is 8.30. The molecule has 7 heteroatoms. The first-order chi connectivity index (χ1) is 12.9. The van der Waals surface area contributed by atoms with Crippen LogP contribution in [0.15, 0.2) is 48.5 Å². The number of aliphatic hydroxyl groups excluding tert-OH is 2. The van der Waals surface area contributed by atoms with Crippen molar-refractivity contribution in [2.45, 2.75) is 32.3 Å². The van der Waals surface area contributed by atoms with Crippen LogP contribution in [0.5, 0.6) is 11.5 Å². The first-order valence-corrected chi connectivity index (χ1v) is 9.71. The molecule has 0 saturated heterocycles. The van der Waals surface area contributed by atoms with Gasteiger partial charge in [-0.2, -0.15) is 27.0 Å². The molecule has 0 radical (unpaired) electrons. The second kappa shape index (κ2) is 13.3. The fraction of sp³-hybridized carbons (Fsp3) is 0.455. The number of alkyl halides is 1. The lowest BCUT2D eigenvalue weighted by Crippen LogP contribution is -2.21. The summed E-state index contributed by atoms with van der Waals surface area (Å²) in [5, 5.41) is 18.2. The van der Waals surface area contributed by atoms with Gasteiger partial charge in [0.15, 0.2) is 0 Å². The van der Waals surface area contributed by atoms with Crippen LogP contribution in [-0.2, 0) is 5.41 Å². The Morgan fingerprint density at radius 3 is 1.66 bits per heavy atom. The van der Waals surface area contributed by atoms with Crippen molar-refractivity contribution in [1.29, 1.82) is 0 Å². The summed E-state index contributed by atoms with van der Waals surface area (Å²) in [4.78, 5) is 0. The van der Waals surface area contributed by atoms with Gasteiger partial charge in [-0.15, -0.1) is 11.6 Å². The van der Waals surface area contributed by atoms with Gasteiger partial charge in [0.1, 0.15) is 24.2 Å². The van der Waals surface area contributed by atoms with Gasteiger partial charge in [0.05, 0.1) is 13.2 Å². The van der Waals surface area contributed by atoms with Gasteiger partial charge in [-0.25, -0.2) is 0 Å². The van der Waals surface area contributed by atoms with Gasteiger partial charge >= 0.3 is 0 Å². The molecule has 0 saturated carbocycles. The van der Waals surface area contributed by atoms with Crippen molar-refractivity contribution >= 4 is 38.6 Å². The van der Waals surface area contributed by atoms with E-state index in [9.17, 15) is 5.11 Å². The van der Waals surface area contributed by atoms with Crippen molar-refractivity contribution < 1.29 is 19.7 Å². The average Bonchev–Trinajstić information content (AvgIpc) is 2.70. The largest absolute Gasteiger partial charge is 0.493 e. The molecule has 0 fully saturated rings. The topological polar surface area (TPSA) is 58.9 Å². The van der Waals surface area contributed by atoms with Crippen molar-refractivity contribution in [1.82, 2.24) is 0 Å². The van der Waals surface area contributed by atoms with Crippen molar-refractivity contribution in [3.05, 3.63) is 59.7 Å². The van der Waals surface area contributed by atoms with Crippen LogP contribution in [0.2, 0.25) is 0 Å². The van der Waals surface area contributed by atoms with E-state index in [4.69, 9.17) is 26.2 Å². The summed E-state index contributed by atoms with van der Waals surface area (Å²) in [6.07, 6.45) is -0.866. The Morgan fingerprint density at radius 1 is 0.862 bits per heavy atom. The molecule has 4 nitrogen and oxygen atoms in total. The van der Waals surface area contributed by atoms with Crippen LogP contribution in [0, 0.1) is 5.92 Å². The summed E-state index contributed by atoms with van der Waals surface area (Å²) >= 11 is 5.81. The smallest absolute Gasteiger partial charge is 0.119 e. The van der Waals surface area contributed by atoms with Crippen molar-refractivity contribution in [2.24, 2.45) is 5.92 Å². The quantitative estimate of drug-likeness (QED) is 0.521. The van der Waals surface area contributed by atoms with Crippen LogP contribution in [0.3, 0.4) is 0 Å². The maximum absolute atomic E-state index is 9.36. The second-order valence-electron chi connectivity index (χ2n) is 7.39. The lowest BCUT2D eigenvalue weighted by atomic mass is 9.78. The molecule has 2 aromatic rings. The van der Waals surface area contributed by atoms with Crippen LogP contribution in [0.1, 0.15) is 31.9 Å². The number of rotatable bonds is 10. The lowest BCUT2D eigenvalue weighted by Gasteiger charge is -2.26. The normalized spacial score (nSPS) is 12.9. The van der Waals surface area contributed by atoms with E-state index < -0.39 is 6.10 Å². The molecule has 0 bridgehead atoms. The fourth-order valence-corrected chi connectivity index (χ4v) is 2.72. The SMILES string of the molecule is C[C@H](CCl)COc1ccc(C(C)(C)c2ccc(OC[C@@H](O)CO)cc2)cc1.S.S. The van der Waals surface area contributed by atoms with Crippen LogP contribution >= 0.6 is 38.6 Å². The molecule has 0 unspecified atom stereocenters. The molecule has 0 aliphatic heterocycles. The van der Waals surface area contributed by atoms with E-state index in [2.05, 4.69) is 32.9 Å². The second-order valence-corrected chi connectivity index (χ2v) is 7.70. The number of aliphatic hydroxyl groups is 2. The van der Waals surface area contributed by atoms with Crippen LogP contribution in [0.25, 0.3) is 0 Å². The highest BCUT2D eigenvalue weighted by Crippen LogP contribution is 2.33. The Bertz CT molecular complexity index is 633. The summed E-state index contributed by atoms with van der Waals surface area (Å²) in [6, 6.07) is 16.0. The van der Waals surface area contributed by atoms with Gasteiger partial charge < -0.3 is 19.7 Å². The Hall–Kier alpha value is -1.05. The molecule has 0 heterocycles. The summed E-state index contributed by atoms with van der Waals surface area (Å²) in [7, 11) is 0. The molecule has 2 atom stereocenters. The van der Waals surface area contributed by atoms with Crippen molar-refractivity contribution in [3.63, 3.8) is 0 Å². The monoisotopic (exact) mass is 460 g/mol. The van der Waals surface area contributed by atoms with Gasteiger partial charge in [0.2, 0.25) is 0 Å². The zero-order chi connectivity index (χ0) is 19.9. The number of hydrogen-bond acceptors (Lipinski definition) is 4.